The molecule has 0 aliphatic carbocycles. The SMILES string of the molecule is Cc1sc(C(=O)N[C@@H](C)CN)cc1[N+](=O)[O-]. The van der Waals surface area contributed by atoms with Gasteiger partial charge in [-0.05, 0) is 13.8 Å². The van der Waals surface area contributed by atoms with Gasteiger partial charge in [0.05, 0.1) is 14.7 Å². The van der Waals surface area contributed by atoms with Crippen LogP contribution in [0.5, 0.6) is 0 Å². The van der Waals surface area contributed by atoms with Gasteiger partial charge in [-0.2, -0.15) is 0 Å². The van der Waals surface area contributed by atoms with Gasteiger partial charge in [-0.15, -0.1) is 11.3 Å². The van der Waals surface area contributed by atoms with Crippen LogP contribution in [0.3, 0.4) is 0 Å². The van der Waals surface area contributed by atoms with Gasteiger partial charge in [-0.3, -0.25) is 14.9 Å². The molecule has 7 heteroatoms. The number of nitrogens with zero attached hydrogens (tertiary/aromatic N) is 1. The molecule has 88 valence electrons. The van der Waals surface area contributed by atoms with Crippen molar-refractivity contribution in [1.29, 1.82) is 0 Å². The lowest BCUT2D eigenvalue weighted by Gasteiger charge is -2.09. The first-order valence-electron chi connectivity index (χ1n) is 4.71. The van der Waals surface area contributed by atoms with Crippen LogP contribution in [0, 0.1) is 17.0 Å². The number of hydrogen-bond acceptors (Lipinski definition) is 5. The summed E-state index contributed by atoms with van der Waals surface area (Å²) in [5.74, 6) is -0.320. The van der Waals surface area contributed by atoms with Crippen molar-refractivity contribution in [2.45, 2.75) is 19.9 Å². The van der Waals surface area contributed by atoms with Crippen molar-refractivity contribution in [2.24, 2.45) is 5.73 Å². The average Bonchev–Trinajstić information content (AvgIpc) is 2.60. The lowest BCUT2D eigenvalue weighted by Crippen LogP contribution is -2.37. The third-order valence-corrected chi connectivity index (χ3v) is 3.08. The first kappa shape index (κ1) is 12.6. The smallest absolute Gasteiger partial charge is 0.283 e. The minimum absolute atomic E-state index is 0.0180. The van der Waals surface area contributed by atoms with Gasteiger partial charge in [0, 0.05) is 18.7 Å². The van der Waals surface area contributed by atoms with E-state index in [0.717, 1.165) is 11.3 Å². The van der Waals surface area contributed by atoms with Crippen molar-refractivity contribution in [3.8, 4) is 0 Å². The van der Waals surface area contributed by atoms with E-state index in [-0.39, 0.29) is 17.6 Å². The predicted molar refractivity (Wildman–Crippen MR) is 61.7 cm³/mol. The largest absolute Gasteiger partial charge is 0.348 e. The molecule has 1 rings (SSSR count). The van der Waals surface area contributed by atoms with Gasteiger partial charge in [0.2, 0.25) is 0 Å². The fourth-order valence-corrected chi connectivity index (χ4v) is 2.01. The van der Waals surface area contributed by atoms with Gasteiger partial charge < -0.3 is 11.1 Å². The molecule has 0 fully saturated rings. The molecule has 1 aromatic rings. The van der Waals surface area contributed by atoms with Gasteiger partial charge >= 0.3 is 0 Å². The van der Waals surface area contributed by atoms with Crippen molar-refractivity contribution in [1.82, 2.24) is 5.32 Å². The van der Waals surface area contributed by atoms with Crippen LogP contribution in [-0.2, 0) is 0 Å². The number of nitrogens with two attached hydrogens (primary N) is 1. The van der Waals surface area contributed by atoms with E-state index in [1.54, 1.807) is 13.8 Å². The second-order valence-corrected chi connectivity index (χ2v) is 4.68. The van der Waals surface area contributed by atoms with Crippen molar-refractivity contribution in [3.05, 3.63) is 25.9 Å². The molecule has 6 nitrogen and oxygen atoms in total. The zero-order valence-corrected chi connectivity index (χ0v) is 9.84. The highest BCUT2D eigenvalue weighted by Gasteiger charge is 2.19. The minimum Gasteiger partial charge on any atom is -0.348 e. The molecule has 1 atom stereocenters. The Morgan fingerprint density at radius 3 is 2.81 bits per heavy atom. The molecule has 0 saturated heterocycles. The highest BCUT2D eigenvalue weighted by molar-refractivity contribution is 7.14. The maximum atomic E-state index is 11.6. The van der Waals surface area contributed by atoms with Gasteiger partial charge in [-0.25, -0.2) is 0 Å². The molecule has 3 N–H and O–H groups in total. The number of thiophene rings is 1. The standard InChI is InChI=1S/C9H13N3O3S/c1-5(4-10)11-9(13)8-3-7(12(14)15)6(2)16-8/h3,5H,4,10H2,1-2H3,(H,11,13)/t5-/m0/s1. The van der Waals surface area contributed by atoms with Crippen LogP contribution in [0.15, 0.2) is 6.07 Å². The van der Waals surface area contributed by atoms with Crippen LogP contribution in [-0.4, -0.2) is 23.4 Å². The molecule has 0 spiro atoms. The summed E-state index contributed by atoms with van der Waals surface area (Å²) in [6, 6.07) is 1.15. The Balaban J connectivity index is 2.85. The highest BCUT2D eigenvalue weighted by Crippen LogP contribution is 2.27. The second-order valence-electron chi connectivity index (χ2n) is 3.42. The maximum absolute atomic E-state index is 11.6. The number of carbonyl (C=O) groups excluding carboxylic acids is 1. The van der Waals surface area contributed by atoms with Crippen molar-refractivity contribution < 1.29 is 9.72 Å². The molecule has 1 heterocycles. The van der Waals surface area contributed by atoms with Crippen molar-refractivity contribution in [3.63, 3.8) is 0 Å². The van der Waals surface area contributed by atoms with E-state index in [0.29, 0.717) is 16.3 Å². The Morgan fingerprint density at radius 1 is 1.75 bits per heavy atom. The number of aryl methyl sites for hydroxylation is 1. The van der Waals surface area contributed by atoms with E-state index in [4.69, 9.17) is 5.73 Å². The lowest BCUT2D eigenvalue weighted by molar-refractivity contribution is -0.385. The number of carbonyl (C=O) groups is 1. The van der Waals surface area contributed by atoms with Crippen LogP contribution in [0.1, 0.15) is 21.5 Å². The van der Waals surface area contributed by atoms with E-state index in [1.807, 2.05) is 0 Å². The third-order valence-electron chi connectivity index (χ3n) is 2.04. The molecular weight excluding hydrogens is 230 g/mol. The highest BCUT2D eigenvalue weighted by atomic mass is 32.1. The molecule has 0 unspecified atom stereocenters. The predicted octanol–water partition coefficient (Wildman–Crippen LogP) is 1.04. The van der Waals surface area contributed by atoms with Crippen LogP contribution in [0.25, 0.3) is 0 Å². The Morgan fingerprint density at radius 2 is 2.38 bits per heavy atom. The molecule has 1 aromatic heterocycles. The lowest BCUT2D eigenvalue weighted by atomic mass is 10.3. The molecule has 16 heavy (non-hydrogen) atoms. The third kappa shape index (κ3) is 2.77. The fourth-order valence-electron chi connectivity index (χ4n) is 1.12. The molecule has 0 aromatic carbocycles. The normalized spacial score (nSPS) is 12.2. The van der Waals surface area contributed by atoms with Crippen molar-refractivity contribution in [2.75, 3.05) is 6.54 Å². The van der Waals surface area contributed by atoms with Gasteiger partial charge in [0.25, 0.3) is 11.6 Å². The average molecular weight is 243 g/mol. The first-order valence-corrected chi connectivity index (χ1v) is 5.53. The molecule has 0 aliphatic heterocycles. The first-order chi connectivity index (χ1) is 7.45. The summed E-state index contributed by atoms with van der Waals surface area (Å²) in [5.41, 5.74) is 5.34. The monoisotopic (exact) mass is 243 g/mol. The number of rotatable bonds is 4. The van der Waals surface area contributed by atoms with Crippen LogP contribution >= 0.6 is 11.3 Å². The van der Waals surface area contributed by atoms with E-state index >= 15 is 0 Å². The molecular formula is C9H13N3O3S. The summed E-state index contributed by atoms with van der Waals surface area (Å²) >= 11 is 1.11. The molecule has 1 amide bonds. The zero-order valence-electron chi connectivity index (χ0n) is 9.02. The fraction of sp³-hybridized carbons (Fsp3) is 0.444. The minimum atomic E-state index is -0.491. The molecule has 0 saturated carbocycles. The summed E-state index contributed by atoms with van der Waals surface area (Å²) in [5, 5.41) is 13.2. The summed E-state index contributed by atoms with van der Waals surface area (Å²) in [6.07, 6.45) is 0. The van der Waals surface area contributed by atoms with E-state index in [9.17, 15) is 14.9 Å². The van der Waals surface area contributed by atoms with Gasteiger partial charge in [-0.1, -0.05) is 0 Å². The number of amides is 1. The number of nitrogens with one attached hydrogen (secondary N) is 1. The summed E-state index contributed by atoms with van der Waals surface area (Å²) in [4.78, 5) is 22.6. The Labute approximate surface area is 96.6 Å². The van der Waals surface area contributed by atoms with E-state index in [1.165, 1.54) is 6.07 Å². The molecule has 0 bridgehead atoms. The second kappa shape index (κ2) is 5.04. The van der Waals surface area contributed by atoms with E-state index < -0.39 is 4.92 Å². The van der Waals surface area contributed by atoms with Crippen LogP contribution < -0.4 is 11.1 Å². The Hall–Kier alpha value is -1.47. The number of hydrogen-bond donors (Lipinski definition) is 2. The van der Waals surface area contributed by atoms with Crippen LogP contribution in [0.2, 0.25) is 0 Å². The Kier molecular flexibility index (Phi) is 3.97. The zero-order chi connectivity index (χ0) is 12.3. The summed E-state index contributed by atoms with van der Waals surface area (Å²) in [7, 11) is 0. The van der Waals surface area contributed by atoms with Crippen LogP contribution in [0.4, 0.5) is 5.69 Å². The van der Waals surface area contributed by atoms with E-state index in [2.05, 4.69) is 5.32 Å². The quantitative estimate of drug-likeness (QED) is 0.609. The summed E-state index contributed by atoms with van der Waals surface area (Å²) in [6.45, 7) is 3.72. The molecule has 0 aliphatic rings. The van der Waals surface area contributed by atoms with Crippen molar-refractivity contribution >= 4 is 22.9 Å². The Bertz CT molecular complexity index is 416. The topological polar surface area (TPSA) is 98.3 Å². The number of nitro groups is 1. The van der Waals surface area contributed by atoms with Gasteiger partial charge in [0.15, 0.2) is 0 Å². The summed E-state index contributed by atoms with van der Waals surface area (Å²) < 4.78 is 0. The van der Waals surface area contributed by atoms with Gasteiger partial charge in [0.1, 0.15) is 0 Å². The molecule has 0 radical (unpaired) electrons. The maximum Gasteiger partial charge on any atom is 0.283 e.